The van der Waals surface area contributed by atoms with Gasteiger partial charge in [-0.3, -0.25) is 0 Å². The van der Waals surface area contributed by atoms with Gasteiger partial charge in [-0.25, -0.2) is 0 Å². The van der Waals surface area contributed by atoms with Crippen LogP contribution in [0, 0.1) is 13.8 Å². The third kappa shape index (κ3) is 4.96. The minimum absolute atomic E-state index is 1.12. The van der Waals surface area contributed by atoms with Crippen LogP contribution >= 0.6 is 0 Å². The first-order chi connectivity index (χ1) is 24.7. The van der Waals surface area contributed by atoms with Gasteiger partial charge in [-0.15, -0.1) is 0 Å². The minimum Gasteiger partial charge on any atom is -0.310 e. The number of aryl methyl sites for hydroxylation is 2. The zero-order valence-electron chi connectivity index (χ0n) is 28.2. The van der Waals surface area contributed by atoms with E-state index in [-0.39, 0.29) is 0 Å². The Morgan fingerprint density at radius 3 is 1.28 bits per heavy atom. The van der Waals surface area contributed by atoms with Gasteiger partial charge in [-0.2, -0.15) is 0 Å². The molecule has 0 aliphatic heterocycles. The van der Waals surface area contributed by atoms with Crippen LogP contribution in [0.25, 0.3) is 43.4 Å². The molecule has 9 aromatic rings. The summed E-state index contributed by atoms with van der Waals surface area (Å²) in [6.07, 6.45) is 0. The van der Waals surface area contributed by atoms with Gasteiger partial charge in [-0.1, -0.05) is 127 Å². The number of hydrogen-bond acceptors (Lipinski definition) is 2. The minimum atomic E-state index is 1.12. The van der Waals surface area contributed by atoms with Crippen molar-refractivity contribution in [2.24, 2.45) is 0 Å². The molecule has 9 rings (SSSR count). The van der Waals surface area contributed by atoms with E-state index in [0.717, 1.165) is 28.4 Å². The predicted molar refractivity (Wildman–Crippen MR) is 214 cm³/mol. The normalized spacial score (nSPS) is 11.4. The van der Waals surface area contributed by atoms with Crippen molar-refractivity contribution in [3.63, 3.8) is 0 Å². The number of nitrogens with zero attached hydrogens (tertiary/aromatic N) is 2. The number of rotatable bonds is 7. The Morgan fingerprint density at radius 2 is 0.780 bits per heavy atom. The summed E-state index contributed by atoms with van der Waals surface area (Å²) in [6.45, 7) is 4.45. The highest BCUT2D eigenvalue weighted by molar-refractivity contribution is 6.29. The quantitative estimate of drug-likeness (QED) is 0.160. The van der Waals surface area contributed by atoms with Crippen LogP contribution in [0.4, 0.5) is 34.1 Å². The van der Waals surface area contributed by atoms with E-state index in [1.807, 2.05) is 0 Å². The molecule has 9 aromatic carbocycles. The Morgan fingerprint density at radius 1 is 0.340 bits per heavy atom. The monoisotopic (exact) mass is 640 g/mol. The van der Waals surface area contributed by atoms with Crippen LogP contribution in [0.5, 0.6) is 0 Å². The highest BCUT2D eigenvalue weighted by atomic mass is 15.2. The van der Waals surface area contributed by atoms with Gasteiger partial charge in [0.25, 0.3) is 0 Å². The zero-order valence-corrected chi connectivity index (χ0v) is 28.2. The summed E-state index contributed by atoms with van der Waals surface area (Å²) < 4.78 is 0. The second kappa shape index (κ2) is 12.3. The van der Waals surface area contributed by atoms with Crippen LogP contribution in [0.1, 0.15) is 11.1 Å². The Hall–Kier alpha value is -6.38. The Kier molecular flexibility index (Phi) is 7.29. The Balaban J connectivity index is 1.44. The molecular formula is C48H36N2. The molecule has 0 fully saturated rings. The van der Waals surface area contributed by atoms with Gasteiger partial charge in [0.1, 0.15) is 0 Å². The van der Waals surface area contributed by atoms with Crippen molar-refractivity contribution in [3.05, 3.63) is 193 Å². The predicted octanol–water partition coefficient (Wildman–Crippen LogP) is 13.8. The zero-order chi connectivity index (χ0) is 33.6. The lowest BCUT2D eigenvalue weighted by Crippen LogP contribution is -2.16. The molecule has 0 unspecified atom stereocenters. The van der Waals surface area contributed by atoms with Gasteiger partial charge in [0.05, 0.1) is 17.1 Å². The topological polar surface area (TPSA) is 6.48 Å². The van der Waals surface area contributed by atoms with Gasteiger partial charge >= 0.3 is 0 Å². The average molecular weight is 641 g/mol. The summed E-state index contributed by atoms with van der Waals surface area (Å²) in [6, 6.07) is 66.1. The molecule has 0 bridgehead atoms. The first kappa shape index (κ1) is 29.7. The SMILES string of the molecule is Cc1cccc(C)c1N(c1ccccc1)c1cc(N(c2ccccc2)c2ccccc2)c2ccc3cc(-c4ccccc4)cc4ccc1c2c34. The van der Waals surface area contributed by atoms with E-state index in [1.165, 1.54) is 60.3 Å². The van der Waals surface area contributed by atoms with Crippen LogP contribution in [-0.4, -0.2) is 0 Å². The molecule has 0 saturated heterocycles. The Bertz CT molecular complexity index is 2520. The molecule has 238 valence electrons. The standard InChI is InChI=1S/C48H36N2/c1-33-16-15-17-34(2)48(33)50(41-24-13-6-14-25-41)45-32-44(49(39-20-9-4-10-21-39)40-22-11-5-12-23-40)42-28-26-36-30-38(35-18-7-3-8-19-35)31-37-27-29-43(45)47(42)46(36)37/h3-32H,1-2H3. The van der Waals surface area contributed by atoms with E-state index in [9.17, 15) is 0 Å². The van der Waals surface area contributed by atoms with Crippen molar-refractivity contribution in [2.75, 3.05) is 9.80 Å². The van der Waals surface area contributed by atoms with Crippen LogP contribution in [0.2, 0.25) is 0 Å². The third-order valence-electron chi connectivity index (χ3n) is 9.97. The molecule has 0 heterocycles. The maximum Gasteiger partial charge on any atom is 0.0561 e. The van der Waals surface area contributed by atoms with Crippen molar-refractivity contribution in [2.45, 2.75) is 13.8 Å². The largest absolute Gasteiger partial charge is 0.310 e. The van der Waals surface area contributed by atoms with Gasteiger partial charge in [-0.05, 0) is 107 Å². The van der Waals surface area contributed by atoms with E-state index >= 15 is 0 Å². The first-order valence-electron chi connectivity index (χ1n) is 17.3. The molecule has 0 radical (unpaired) electrons. The number of anilines is 6. The fraction of sp³-hybridized carbons (Fsp3) is 0.0417. The molecule has 0 saturated carbocycles. The van der Waals surface area contributed by atoms with Crippen LogP contribution in [0.3, 0.4) is 0 Å². The number of hydrogen-bond donors (Lipinski definition) is 0. The smallest absolute Gasteiger partial charge is 0.0561 e. The van der Waals surface area contributed by atoms with Gasteiger partial charge in [0.15, 0.2) is 0 Å². The lowest BCUT2D eigenvalue weighted by atomic mass is 9.89. The maximum absolute atomic E-state index is 2.48. The summed E-state index contributed by atoms with van der Waals surface area (Å²) in [7, 11) is 0. The fourth-order valence-electron chi connectivity index (χ4n) is 7.75. The number of para-hydroxylation sites is 4. The first-order valence-corrected chi connectivity index (χ1v) is 17.3. The van der Waals surface area contributed by atoms with Crippen LogP contribution in [-0.2, 0) is 0 Å². The van der Waals surface area contributed by atoms with E-state index in [1.54, 1.807) is 0 Å². The second-order valence-corrected chi connectivity index (χ2v) is 13.1. The molecule has 2 heteroatoms. The van der Waals surface area contributed by atoms with Crippen LogP contribution < -0.4 is 9.80 Å². The lowest BCUT2D eigenvalue weighted by molar-refractivity contribution is 1.22. The molecule has 0 N–H and O–H groups in total. The van der Waals surface area contributed by atoms with Crippen molar-refractivity contribution in [1.29, 1.82) is 0 Å². The van der Waals surface area contributed by atoms with Gasteiger partial charge < -0.3 is 9.80 Å². The van der Waals surface area contributed by atoms with Crippen molar-refractivity contribution < 1.29 is 0 Å². The van der Waals surface area contributed by atoms with E-state index in [0.29, 0.717) is 0 Å². The summed E-state index contributed by atoms with van der Waals surface area (Å²) in [5, 5.41) is 7.49. The van der Waals surface area contributed by atoms with Crippen molar-refractivity contribution in [1.82, 2.24) is 0 Å². The lowest BCUT2D eigenvalue weighted by Gasteiger charge is -2.33. The third-order valence-corrected chi connectivity index (χ3v) is 9.97. The average Bonchev–Trinajstić information content (AvgIpc) is 3.17. The maximum atomic E-state index is 2.48. The summed E-state index contributed by atoms with van der Waals surface area (Å²) in [5.41, 5.74) is 11.8. The summed E-state index contributed by atoms with van der Waals surface area (Å²) >= 11 is 0. The molecule has 2 nitrogen and oxygen atoms in total. The Labute approximate surface area is 293 Å². The fourth-order valence-corrected chi connectivity index (χ4v) is 7.75. The summed E-state index contributed by atoms with van der Waals surface area (Å²) in [4.78, 5) is 4.89. The van der Waals surface area contributed by atoms with Gasteiger partial charge in [0, 0.05) is 33.2 Å². The molecule has 0 aliphatic rings. The molecule has 0 atom stereocenters. The highest BCUT2D eigenvalue weighted by Crippen LogP contribution is 2.51. The molecule has 50 heavy (non-hydrogen) atoms. The van der Waals surface area contributed by atoms with E-state index in [4.69, 9.17) is 0 Å². The molecule has 0 spiro atoms. The van der Waals surface area contributed by atoms with Crippen molar-refractivity contribution in [3.8, 4) is 11.1 Å². The van der Waals surface area contributed by atoms with E-state index in [2.05, 4.69) is 206 Å². The molecule has 0 aliphatic carbocycles. The van der Waals surface area contributed by atoms with E-state index < -0.39 is 0 Å². The molecule has 0 aromatic heterocycles. The summed E-state index contributed by atoms with van der Waals surface area (Å²) in [5.74, 6) is 0. The molecular weight excluding hydrogens is 605 g/mol. The highest BCUT2D eigenvalue weighted by Gasteiger charge is 2.25. The van der Waals surface area contributed by atoms with Crippen molar-refractivity contribution >= 4 is 66.4 Å². The second-order valence-electron chi connectivity index (χ2n) is 13.1. The van der Waals surface area contributed by atoms with Gasteiger partial charge in [0.2, 0.25) is 0 Å². The van der Waals surface area contributed by atoms with Crippen LogP contribution in [0.15, 0.2) is 182 Å². The molecule has 0 amide bonds. The number of benzene rings is 9.